The molecule has 2 aliphatic heterocycles. The number of nitrogens with zero attached hydrogens (tertiary/aromatic N) is 6. The van der Waals surface area contributed by atoms with E-state index in [1.54, 1.807) is 4.90 Å². The topological polar surface area (TPSA) is 151 Å². The summed E-state index contributed by atoms with van der Waals surface area (Å²) in [4.78, 5) is 30.4. The highest BCUT2D eigenvalue weighted by Crippen LogP contribution is 2.21. The van der Waals surface area contributed by atoms with E-state index >= 15 is 0 Å². The highest BCUT2D eigenvalue weighted by atomic mass is 16.2. The lowest BCUT2D eigenvalue weighted by Crippen LogP contribution is -2.48. The Bertz CT molecular complexity index is 562. The maximum atomic E-state index is 12.4. The Morgan fingerprint density at radius 1 is 1.46 bits per heavy atom. The Labute approximate surface area is 140 Å². The van der Waals surface area contributed by atoms with E-state index in [1.165, 1.54) is 4.90 Å². The molecule has 0 radical (unpaired) electrons. The maximum absolute atomic E-state index is 12.4. The molecule has 130 valence electrons. The number of piperazine rings is 1. The SMILES string of the molecule is N#C[C@@H]1C[C@H](N=[N+]=[N-])CN1C(=O)[C@@H](N)CCC(=O)N1CCNCC1. The monoisotopic (exact) mass is 334 g/mol. The quantitative estimate of drug-likeness (QED) is 0.388. The summed E-state index contributed by atoms with van der Waals surface area (Å²) in [6, 6.07) is 0.163. The molecule has 2 aliphatic rings. The van der Waals surface area contributed by atoms with Gasteiger partial charge in [-0.2, -0.15) is 5.26 Å². The minimum atomic E-state index is -0.836. The molecule has 2 amide bonds. The van der Waals surface area contributed by atoms with E-state index in [4.69, 9.17) is 16.5 Å². The Morgan fingerprint density at radius 3 is 2.79 bits per heavy atom. The van der Waals surface area contributed by atoms with Gasteiger partial charge in [-0.25, -0.2) is 0 Å². The van der Waals surface area contributed by atoms with Gasteiger partial charge in [-0.15, -0.1) is 0 Å². The van der Waals surface area contributed by atoms with E-state index in [2.05, 4.69) is 15.3 Å². The lowest BCUT2D eigenvalue weighted by atomic mass is 10.1. The molecule has 3 atom stereocenters. The Hall–Kier alpha value is -2.34. The van der Waals surface area contributed by atoms with E-state index in [-0.39, 0.29) is 31.2 Å². The first-order valence-electron chi connectivity index (χ1n) is 8.05. The molecule has 0 bridgehead atoms. The van der Waals surface area contributed by atoms with Crippen molar-refractivity contribution in [3.8, 4) is 6.07 Å². The molecule has 24 heavy (non-hydrogen) atoms. The molecule has 0 aromatic carbocycles. The van der Waals surface area contributed by atoms with Gasteiger partial charge in [0.25, 0.3) is 0 Å². The van der Waals surface area contributed by atoms with Crippen LogP contribution < -0.4 is 11.1 Å². The molecule has 2 rings (SSSR count). The van der Waals surface area contributed by atoms with Gasteiger partial charge in [0.2, 0.25) is 11.8 Å². The van der Waals surface area contributed by atoms with Crippen LogP contribution in [0.3, 0.4) is 0 Å². The average molecular weight is 334 g/mol. The average Bonchev–Trinajstić information content (AvgIpc) is 3.02. The van der Waals surface area contributed by atoms with Crippen LogP contribution in [0.4, 0.5) is 0 Å². The smallest absolute Gasteiger partial charge is 0.240 e. The summed E-state index contributed by atoms with van der Waals surface area (Å²) >= 11 is 0. The van der Waals surface area contributed by atoms with Crippen LogP contribution in [0.25, 0.3) is 10.4 Å². The predicted octanol–water partition coefficient (Wildman–Crippen LogP) is -0.671. The fourth-order valence-electron chi connectivity index (χ4n) is 3.02. The summed E-state index contributed by atoms with van der Waals surface area (Å²) in [5.41, 5.74) is 14.4. The molecule has 0 aliphatic carbocycles. The van der Waals surface area contributed by atoms with Gasteiger partial charge in [0.1, 0.15) is 6.04 Å². The third-order valence-corrected chi connectivity index (χ3v) is 4.38. The number of hydrogen-bond donors (Lipinski definition) is 2. The molecule has 0 saturated carbocycles. The van der Waals surface area contributed by atoms with Crippen molar-refractivity contribution in [2.45, 2.75) is 37.4 Å². The zero-order valence-corrected chi connectivity index (χ0v) is 13.5. The highest BCUT2D eigenvalue weighted by Gasteiger charge is 2.36. The summed E-state index contributed by atoms with van der Waals surface area (Å²) in [5.74, 6) is -0.379. The van der Waals surface area contributed by atoms with Gasteiger partial charge in [-0.05, 0) is 18.4 Å². The van der Waals surface area contributed by atoms with E-state index in [0.717, 1.165) is 13.1 Å². The molecular formula is C14H22N8O2. The highest BCUT2D eigenvalue weighted by molar-refractivity contribution is 5.84. The molecule has 3 N–H and O–H groups in total. The molecule has 10 nitrogen and oxygen atoms in total. The number of hydrogen-bond acceptors (Lipinski definition) is 6. The van der Waals surface area contributed by atoms with Gasteiger partial charge in [-0.3, -0.25) is 9.59 Å². The summed E-state index contributed by atoms with van der Waals surface area (Å²) in [7, 11) is 0. The third-order valence-electron chi connectivity index (χ3n) is 4.38. The fraction of sp³-hybridized carbons (Fsp3) is 0.786. The predicted molar refractivity (Wildman–Crippen MR) is 85.3 cm³/mol. The molecule has 2 heterocycles. The summed E-state index contributed by atoms with van der Waals surface area (Å²) in [5, 5.41) is 15.9. The van der Waals surface area contributed by atoms with Crippen LogP contribution in [0.5, 0.6) is 0 Å². The number of nitrogens with one attached hydrogen (secondary N) is 1. The van der Waals surface area contributed by atoms with Crippen molar-refractivity contribution in [1.82, 2.24) is 15.1 Å². The van der Waals surface area contributed by atoms with Crippen LogP contribution in [0.1, 0.15) is 19.3 Å². The number of nitriles is 1. The Balaban J connectivity index is 1.86. The second kappa shape index (κ2) is 8.49. The zero-order chi connectivity index (χ0) is 17.5. The number of rotatable bonds is 5. The van der Waals surface area contributed by atoms with E-state index in [1.807, 2.05) is 6.07 Å². The zero-order valence-electron chi connectivity index (χ0n) is 13.5. The number of likely N-dealkylation sites (tertiary alicyclic amines) is 1. The first-order valence-corrected chi connectivity index (χ1v) is 8.05. The van der Waals surface area contributed by atoms with E-state index in [0.29, 0.717) is 19.5 Å². The first kappa shape index (κ1) is 18.0. The fourth-order valence-corrected chi connectivity index (χ4v) is 3.02. The molecule has 0 aromatic heterocycles. The standard InChI is InChI=1S/C14H22N8O2/c15-8-11-7-10(19-20-17)9-22(11)14(24)12(16)1-2-13(23)21-5-3-18-4-6-21/h10-12,18H,1-7,9,16H2/t10-,11-,12-/m0/s1. The normalized spacial score (nSPS) is 24.8. The molecular weight excluding hydrogens is 312 g/mol. The molecule has 10 heteroatoms. The first-order chi connectivity index (χ1) is 11.6. The molecule has 0 aromatic rings. The van der Waals surface area contributed by atoms with Crippen molar-refractivity contribution in [3.05, 3.63) is 10.4 Å². The van der Waals surface area contributed by atoms with Gasteiger partial charge in [0.05, 0.1) is 18.2 Å². The maximum Gasteiger partial charge on any atom is 0.240 e. The van der Waals surface area contributed by atoms with Crippen molar-refractivity contribution >= 4 is 11.8 Å². The lowest BCUT2D eigenvalue weighted by Gasteiger charge is -2.28. The van der Waals surface area contributed by atoms with Crippen molar-refractivity contribution in [3.63, 3.8) is 0 Å². The second-order valence-corrected chi connectivity index (χ2v) is 6.01. The largest absolute Gasteiger partial charge is 0.340 e. The van der Waals surface area contributed by atoms with Crippen molar-refractivity contribution in [1.29, 1.82) is 5.26 Å². The number of carbonyl (C=O) groups is 2. The molecule has 2 fully saturated rings. The van der Waals surface area contributed by atoms with Gasteiger partial charge in [0, 0.05) is 44.1 Å². The molecule has 0 unspecified atom stereocenters. The van der Waals surface area contributed by atoms with Crippen LogP contribution in [-0.2, 0) is 9.59 Å². The number of carbonyl (C=O) groups excluding carboxylic acids is 2. The third kappa shape index (κ3) is 4.35. The number of azide groups is 1. The van der Waals surface area contributed by atoms with Crippen LogP contribution in [0.15, 0.2) is 5.11 Å². The summed E-state index contributed by atoms with van der Waals surface area (Å²) in [6.07, 6.45) is 0.763. The Kier molecular flexibility index (Phi) is 6.37. The van der Waals surface area contributed by atoms with Crippen LogP contribution in [0.2, 0.25) is 0 Å². The number of amides is 2. The van der Waals surface area contributed by atoms with Crippen molar-refractivity contribution in [2.75, 3.05) is 32.7 Å². The van der Waals surface area contributed by atoms with Gasteiger partial charge in [-0.1, -0.05) is 5.11 Å². The van der Waals surface area contributed by atoms with Gasteiger partial charge >= 0.3 is 0 Å². The Morgan fingerprint density at radius 2 is 2.17 bits per heavy atom. The van der Waals surface area contributed by atoms with Crippen molar-refractivity contribution < 1.29 is 9.59 Å². The van der Waals surface area contributed by atoms with Crippen LogP contribution in [0, 0.1) is 11.3 Å². The minimum absolute atomic E-state index is 0.00929. The van der Waals surface area contributed by atoms with E-state index < -0.39 is 18.1 Å². The second-order valence-electron chi connectivity index (χ2n) is 6.01. The molecule has 0 spiro atoms. The van der Waals surface area contributed by atoms with Crippen LogP contribution >= 0.6 is 0 Å². The summed E-state index contributed by atoms with van der Waals surface area (Å²) in [6.45, 7) is 3.07. The van der Waals surface area contributed by atoms with E-state index in [9.17, 15) is 9.59 Å². The molecule has 2 saturated heterocycles. The van der Waals surface area contributed by atoms with Crippen LogP contribution in [-0.4, -0.2) is 72.5 Å². The van der Waals surface area contributed by atoms with Gasteiger partial charge in [0.15, 0.2) is 0 Å². The lowest BCUT2D eigenvalue weighted by molar-refractivity contribution is -0.134. The number of nitrogens with two attached hydrogens (primary N) is 1. The minimum Gasteiger partial charge on any atom is -0.340 e. The van der Waals surface area contributed by atoms with Crippen molar-refractivity contribution in [2.24, 2.45) is 10.8 Å². The van der Waals surface area contributed by atoms with Gasteiger partial charge < -0.3 is 20.9 Å². The summed E-state index contributed by atoms with van der Waals surface area (Å²) < 4.78 is 0.